The summed E-state index contributed by atoms with van der Waals surface area (Å²) in [6.45, 7) is 0.251. The first kappa shape index (κ1) is 19.5. The van der Waals surface area contributed by atoms with Crippen molar-refractivity contribution in [3.63, 3.8) is 0 Å². The Morgan fingerprint density at radius 1 is 1.19 bits per heavy atom. The van der Waals surface area contributed by atoms with E-state index >= 15 is 0 Å². The van der Waals surface area contributed by atoms with E-state index in [9.17, 15) is 19.7 Å². The topological polar surface area (TPSA) is 92.6 Å². The first-order valence-corrected chi connectivity index (χ1v) is 9.02. The van der Waals surface area contributed by atoms with Gasteiger partial charge in [-0.1, -0.05) is 18.2 Å². The Morgan fingerprint density at radius 2 is 1.88 bits per heavy atom. The minimum atomic E-state index is -0.571. The SMILES string of the molecule is CSc1ccc(CN(C)C(=O)CNC(=O)c2cccc([N+](=O)[O-])c2)cc1. The highest BCUT2D eigenvalue weighted by Gasteiger charge is 2.14. The lowest BCUT2D eigenvalue weighted by Crippen LogP contribution is -2.37. The van der Waals surface area contributed by atoms with Crippen molar-refractivity contribution in [1.29, 1.82) is 0 Å². The number of rotatable bonds is 7. The van der Waals surface area contributed by atoms with E-state index in [4.69, 9.17) is 0 Å². The van der Waals surface area contributed by atoms with Crippen molar-refractivity contribution in [2.75, 3.05) is 19.8 Å². The number of hydrogen-bond donors (Lipinski definition) is 1. The van der Waals surface area contributed by atoms with Crippen molar-refractivity contribution in [3.8, 4) is 0 Å². The molecule has 0 bridgehead atoms. The number of amides is 2. The van der Waals surface area contributed by atoms with Gasteiger partial charge in [-0.25, -0.2) is 0 Å². The van der Waals surface area contributed by atoms with Crippen molar-refractivity contribution in [1.82, 2.24) is 10.2 Å². The van der Waals surface area contributed by atoms with Crippen LogP contribution in [0.2, 0.25) is 0 Å². The van der Waals surface area contributed by atoms with Gasteiger partial charge in [-0.15, -0.1) is 11.8 Å². The van der Waals surface area contributed by atoms with Crippen LogP contribution in [0.25, 0.3) is 0 Å². The second-order valence-electron chi connectivity index (χ2n) is 5.59. The fraction of sp³-hybridized carbons (Fsp3) is 0.222. The number of non-ortho nitro benzene ring substituents is 1. The van der Waals surface area contributed by atoms with Gasteiger partial charge in [-0.2, -0.15) is 0 Å². The van der Waals surface area contributed by atoms with Crippen LogP contribution in [-0.2, 0) is 11.3 Å². The van der Waals surface area contributed by atoms with Gasteiger partial charge in [0, 0.05) is 36.2 Å². The van der Waals surface area contributed by atoms with Gasteiger partial charge in [-0.05, 0) is 30.0 Å². The zero-order valence-corrected chi connectivity index (χ0v) is 15.3. The second-order valence-corrected chi connectivity index (χ2v) is 6.47. The van der Waals surface area contributed by atoms with Gasteiger partial charge in [0.15, 0.2) is 0 Å². The molecule has 2 amide bonds. The molecule has 0 fully saturated rings. The smallest absolute Gasteiger partial charge is 0.270 e. The van der Waals surface area contributed by atoms with E-state index in [-0.39, 0.29) is 23.7 Å². The Hall–Kier alpha value is -2.87. The molecule has 136 valence electrons. The Kier molecular flexibility index (Phi) is 6.74. The molecule has 2 rings (SSSR count). The Balaban J connectivity index is 1.89. The summed E-state index contributed by atoms with van der Waals surface area (Å²) in [6, 6.07) is 13.3. The summed E-state index contributed by atoms with van der Waals surface area (Å²) in [5.74, 6) is -0.780. The summed E-state index contributed by atoms with van der Waals surface area (Å²) in [7, 11) is 1.66. The molecular formula is C18H19N3O4S. The maximum Gasteiger partial charge on any atom is 0.270 e. The number of likely N-dealkylation sites (N-methyl/N-ethyl adjacent to an activating group) is 1. The molecule has 26 heavy (non-hydrogen) atoms. The van der Waals surface area contributed by atoms with E-state index in [0.29, 0.717) is 6.54 Å². The predicted molar refractivity (Wildman–Crippen MR) is 100 cm³/mol. The van der Waals surface area contributed by atoms with Crippen molar-refractivity contribution in [2.45, 2.75) is 11.4 Å². The second kappa shape index (κ2) is 9.00. The third-order valence-electron chi connectivity index (χ3n) is 3.72. The van der Waals surface area contributed by atoms with E-state index in [1.807, 2.05) is 30.5 Å². The normalized spacial score (nSPS) is 10.2. The van der Waals surface area contributed by atoms with E-state index in [1.165, 1.54) is 29.2 Å². The fourth-order valence-electron chi connectivity index (χ4n) is 2.25. The Labute approximate surface area is 155 Å². The molecule has 2 aromatic carbocycles. The lowest BCUT2D eigenvalue weighted by molar-refractivity contribution is -0.384. The van der Waals surface area contributed by atoms with Crippen molar-refractivity contribution < 1.29 is 14.5 Å². The number of carbonyl (C=O) groups is 2. The van der Waals surface area contributed by atoms with Crippen molar-refractivity contribution in [3.05, 3.63) is 69.8 Å². The van der Waals surface area contributed by atoms with Crippen LogP contribution in [0.1, 0.15) is 15.9 Å². The number of hydrogen-bond acceptors (Lipinski definition) is 5. The van der Waals surface area contributed by atoms with Crippen molar-refractivity contribution in [2.24, 2.45) is 0 Å². The highest BCUT2D eigenvalue weighted by molar-refractivity contribution is 7.98. The summed E-state index contributed by atoms with van der Waals surface area (Å²) in [4.78, 5) is 37.1. The zero-order chi connectivity index (χ0) is 19.1. The molecule has 0 aliphatic rings. The Morgan fingerprint density at radius 3 is 2.50 bits per heavy atom. The third-order valence-corrected chi connectivity index (χ3v) is 4.47. The molecule has 0 radical (unpaired) electrons. The molecular weight excluding hydrogens is 354 g/mol. The van der Waals surface area contributed by atoms with E-state index in [2.05, 4.69) is 5.32 Å². The first-order chi connectivity index (χ1) is 12.4. The average Bonchev–Trinajstić information content (AvgIpc) is 2.66. The highest BCUT2D eigenvalue weighted by Crippen LogP contribution is 2.16. The summed E-state index contributed by atoms with van der Waals surface area (Å²) in [5, 5.41) is 13.3. The maximum absolute atomic E-state index is 12.2. The third kappa shape index (κ3) is 5.32. The van der Waals surface area contributed by atoms with Gasteiger partial charge >= 0.3 is 0 Å². The predicted octanol–water partition coefficient (Wildman–Crippen LogP) is 2.71. The first-order valence-electron chi connectivity index (χ1n) is 7.80. The van der Waals surface area contributed by atoms with Crippen LogP contribution in [0.15, 0.2) is 53.4 Å². The fourth-order valence-corrected chi connectivity index (χ4v) is 2.65. The lowest BCUT2D eigenvalue weighted by Gasteiger charge is -2.17. The Bertz CT molecular complexity index is 808. The minimum Gasteiger partial charge on any atom is -0.343 e. The number of nitrogens with zero attached hydrogens (tertiary/aromatic N) is 2. The largest absolute Gasteiger partial charge is 0.343 e. The molecule has 7 nitrogen and oxygen atoms in total. The average molecular weight is 373 g/mol. The lowest BCUT2D eigenvalue weighted by atomic mass is 10.2. The number of nitro benzene ring substituents is 1. The maximum atomic E-state index is 12.2. The summed E-state index contributed by atoms with van der Waals surface area (Å²) < 4.78 is 0. The number of benzene rings is 2. The number of nitro groups is 1. The molecule has 0 saturated carbocycles. The monoisotopic (exact) mass is 373 g/mol. The van der Waals surface area contributed by atoms with Gasteiger partial charge in [0.2, 0.25) is 5.91 Å². The van der Waals surface area contributed by atoms with Crippen LogP contribution in [0.5, 0.6) is 0 Å². The number of carbonyl (C=O) groups excluding carboxylic acids is 2. The van der Waals surface area contributed by atoms with Crippen LogP contribution in [0.3, 0.4) is 0 Å². The molecule has 0 spiro atoms. The van der Waals surface area contributed by atoms with E-state index in [0.717, 1.165) is 10.5 Å². The van der Waals surface area contributed by atoms with Gasteiger partial charge in [0.05, 0.1) is 11.5 Å². The summed E-state index contributed by atoms with van der Waals surface area (Å²) in [5.41, 5.74) is 0.959. The molecule has 0 saturated heterocycles. The molecule has 8 heteroatoms. The van der Waals surface area contributed by atoms with E-state index < -0.39 is 10.8 Å². The summed E-state index contributed by atoms with van der Waals surface area (Å²) in [6.07, 6.45) is 1.99. The quantitative estimate of drug-likeness (QED) is 0.458. The van der Waals surface area contributed by atoms with Gasteiger partial charge in [0.1, 0.15) is 0 Å². The van der Waals surface area contributed by atoms with Crippen LogP contribution >= 0.6 is 11.8 Å². The molecule has 0 heterocycles. The molecule has 0 aliphatic carbocycles. The van der Waals surface area contributed by atoms with Gasteiger partial charge in [0.25, 0.3) is 11.6 Å². The molecule has 1 N–H and O–H groups in total. The highest BCUT2D eigenvalue weighted by atomic mass is 32.2. The number of thioether (sulfide) groups is 1. The zero-order valence-electron chi connectivity index (χ0n) is 14.5. The molecule has 2 aromatic rings. The molecule has 0 aliphatic heterocycles. The summed E-state index contributed by atoms with van der Waals surface area (Å²) >= 11 is 1.64. The van der Waals surface area contributed by atoms with Gasteiger partial charge in [-0.3, -0.25) is 19.7 Å². The van der Waals surface area contributed by atoms with Crippen LogP contribution < -0.4 is 5.32 Å². The van der Waals surface area contributed by atoms with Crippen LogP contribution in [0.4, 0.5) is 5.69 Å². The van der Waals surface area contributed by atoms with Crippen molar-refractivity contribution >= 4 is 29.3 Å². The standard InChI is InChI=1S/C18H19N3O4S/c1-20(12-13-6-8-16(26-2)9-7-13)17(22)11-19-18(23)14-4-3-5-15(10-14)21(24)25/h3-10H,11-12H2,1-2H3,(H,19,23). The van der Waals surface area contributed by atoms with Gasteiger partial charge < -0.3 is 10.2 Å². The van der Waals surface area contributed by atoms with Crippen LogP contribution in [0, 0.1) is 10.1 Å². The molecule has 0 atom stereocenters. The molecule has 0 aromatic heterocycles. The van der Waals surface area contributed by atoms with Crippen LogP contribution in [-0.4, -0.2) is 41.5 Å². The number of nitrogens with one attached hydrogen (secondary N) is 1. The minimum absolute atomic E-state index is 0.141. The van der Waals surface area contributed by atoms with E-state index in [1.54, 1.807) is 18.8 Å². The molecule has 0 unspecified atom stereocenters.